The molecule has 2 heterocycles. The summed E-state index contributed by atoms with van der Waals surface area (Å²) in [6, 6.07) is 5.83. The predicted molar refractivity (Wildman–Crippen MR) is 59.8 cm³/mol. The molecule has 0 fully saturated rings. The van der Waals surface area contributed by atoms with Crippen LogP contribution in [-0.2, 0) is 6.54 Å². The standard InChI is InChI=1S/C10H10N6/c1-2-8-9(15-16-14-8)5-7(1)13-6-10-11-3-4-12-10/h1-5,13H,6H2,(H,11,12)(H,14,15,16). The molecule has 0 unspecified atom stereocenters. The van der Waals surface area contributed by atoms with E-state index in [2.05, 4.69) is 30.7 Å². The number of rotatable bonds is 3. The molecule has 0 amide bonds. The third-order valence-electron chi connectivity index (χ3n) is 2.33. The van der Waals surface area contributed by atoms with Gasteiger partial charge in [-0.25, -0.2) is 4.98 Å². The van der Waals surface area contributed by atoms with Crippen LogP contribution in [0.2, 0.25) is 0 Å². The van der Waals surface area contributed by atoms with Gasteiger partial charge in [-0.1, -0.05) is 0 Å². The van der Waals surface area contributed by atoms with Crippen LogP contribution in [0.4, 0.5) is 5.69 Å². The first-order valence-electron chi connectivity index (χ1n) is 4.94. The van der Waals surface area contributed by atoms with Crippen molar-refractivity contribution in [3.8, 4) is 0 Å². The molecule has 16 heavy (non-hydrogen) atoms. The summed E-state index contributed by atoms with van der Waals surface area (Å²) >= 11 is 0. The summed E-state index contributed by atoms with van der Waals surface area (Å²) in [6.45, 7) is 0.663. The summed E-state index contributed by atoms with van der Waals surface area (Å²) in [5.41, 5.74) is 2.71. The lowest BCUT2D eigenvalue weighted by atomic mass is 10.3. The van der Waals surface area contributed by atoms with E-state index in [0.717, 1.165) is 22.5 Å². The molecule has 0 aliphatic heterocycles. The van der Waals surface area contributed by atoms with E-state index in [1.54, 1.807) is 12.4 Å². The van der Waals surface area contributed by atoms with Crippen LogP contribution in [-0.4, -0.2) is 25.4 Å². The van der Waals surface area contributed by atoms with Crippen molar-refractivity contribution in [3.63, 3.8) is 0 Å². The average Bonchev–Trinajstić information content (AvgIpc) is 2.97. The van der Waals surface area contributed by atoms with E-state index >= 15 is 0 Å². The lowest BCUT2D eigenvalue weighted by Crippen LogP contribution is -2.00. The van der Waals surface area contributed by atoms with Crippen LogP contribution in [0.15, 0.2) is 30.6 Å². The Kier molecular flexibility index (Phi) is 2.03. The monoisotopic (exact) mass is 214 g/mol. The van der Waals surface area contributed by atoms with Gasteiger partial charge in [0, 0.05) is 18.1 Å². The Hall–Kier alpha value is -2.37. The highest BCUT2D eigenvalue weighted by Gasteiger charge is 2.00. The molecule has 0 aliphatic carbocycles. The van der Waals surface area contributed by atoms with Crippen molar-refractivity contribution in [3.05, 3.63) is 36.4 Å². The third kappa shape index (κ3) is 1.60. The van der Waals surface area contributed by atoms with Crippen molar-refractivity contribution in [1.82, 2.24) is 25.4 Å². The molecule has 0 bridgehead atoms. The summed E-state index contributed by atoms with van der Waals surface area (Å²) < 4.78 is 0. The van der Waals surface area contributed by atoms with Crippen LogP contribution >= 0.6 is 0 Å². The summed E-state index contributed by atoms with van der Waals surface area (Å²) in [5, 5.41) is 13.9. The quantitative estimate of drug-likeness (QED) is 0.613. The van der Waals surface area contributed by atoms with E-state index in [0.29, 0.717) is 6.54 Å². The van der Waals surface area contributed by atoms with E-state index in [9.17, 15) is 0 Å². The molecule has 0 saturated carbocycles. The second kappa shape index (κ2) is 3.65. The van der Waals surface area contributed by atoms with Crippen molar-refractivity contribution in [2.24, 2.45) is 0 Å². The van der Waals surface area contributed by atoms with E-state index in [-0.39, 0.29) is 0 Å². The molecule has 3 aromatic rings. The van der Waals surface area contributed by atoms with Gasteiger partial charge in [0.05, 0.1) is 6.54 Å². The predicted octanol–water partition coefficient (Wildman–Crippen LogP) is 1.29. The lowest BCUT2D eigenvalue weighted by Gasteiger charge is -2.03. The first-order valence-corrected chi connectivity index (χ1v) is 4.94. The van der Waals surface area contributed by atoms with Crippen LogP contribution < -0.4 is 5.32 Å². The number of nitrogens with one attached hydrogen (secondary N) is 3. The number of aromatic nitrogens is 5. The molecule has 3 N–H and O–H groups in total. The maximum absolute atomic E-state index is 4.13. The Balaban J connectivity index is 1.78. The zero-order chi connectivity index (χ0) is 10.8. The average molecular weight is 214 g/mol. The minimum Gasteiger partial charge on any atom is -0.378 e. The Morgan fingerprint density at radius 2 is 2.12 bits per heavy atom. The molecule has 3 rings (SSSR count). The summed E-state index contributed by atoms with van der Waals surface area (Å²) in [5.74, 6) is 0.903. The highest BCUT2D eigenvalue weighted by molar-refractivity contribution is 5.77. The normalized spacial score (nSPS) is 10.8. The Morgan fingerprint density at radius 1 is 1.19 bits per heavy atom. The molecule has 0 spiro atoms. The van der Waals surface area contributed by atoms with Gasteiger partial charge in [-0.05, 0) is 18.2 Å². The zero-order valence-corrected chi connectivity index (χ0v) is 8.44. The first kappa shape index (κ1) is 8.90. The van der Waals surface area contributed by atoms with Crippen molar-refractivity contribution >= 4 is 16.7 Å². The number of hydrogen-bond donors (Lipinski definition) is 3. The molecule has 0 radical (unpaired) electrons. The second-order valence-corrected chi connectivity index (χ2v) is 3.42. The number of H-pyrrole nitrogens is 2. The molecule has 2 aromatic heterocycles. The van der Waals surface area contributed by atoms with Crippen molar-refractivity contribution in [1.29, 1.82) is 0 Å². The highest BCUT2D eigenvalue weighted by Crippen LogP contribution is 2.14. The lowest BCUT2D eigenvalue weighted by molar-refractivity contribution is 0.959. The van der Waals surface area contributed by atoms with E-state index < -0.39 is 0 Å². The van der Waals surface area contributed by atoms with Crippen molar-refractivity contribution in [2.75, 3.05) is 5.32 Å². The number of aromatic amines is 2. The number of anilines is 1. The molecule has 6 nitrogen and oxygen atoms in total. The van der Waals surface area contributed by atoms with Crippen LogP contribution in [0.5, 0.6) is 0 Å². The fourth-order valence-electron chi connectivity index (χ4n) is 1.53. The molecule has 1 aromatic carbocycles. The number of nitrogens with zero attached hydrogens (tertiary/aromatic N) is 3. The summed E-state index contributed by atoms with van der Waals surface area (Å²) in [4.78, 5) is 7.16. The van der Waals surface area contributed by atoms with Crippen molar-refractivity contribution in [2.45, 2.75) is 6.54 Å². The van der Waals surface area contributed by atoms with E-state index in [1.807, 2.05) is 18.2 Å². The zero-order valence-electron chi connectivity index (χ0n) is 8.44. The van der Waals surface area contributed by atoms with Gasteiger partial charge in [-0.2, -0.15) is 15.4 Å². The fraction of sp³-hybridized carbons (Fsp3) is 0.100. The Morgan fingerprint density at radius 3 is 3.00 bits per heavy atom. The maximum Gasteiger partial charge on any atom is 0.125 e. The SMILES string of the molecule is c1c[nH]c(CNc2ccc3n[nH]nc3c2)n1. The van der Waals surface area contributed by atoms with Crippen LogP contribution in [0.3, 0.4) is 0 Å². The van der Waals surface area contributed by atoms with Gasteiger partial charge in [0.2, 0.25) is 0 Å². The minimum absolute atomic E-state index is 0.663. The molecule has 0 atom stereocenters. The fourth-order valence-corrected chi connectivity index (χ4v) is 1.53. The van der Waals surface area contributed by atoms with Gasteiger partial charge in [-0.3, -0.25) is 0 Å². The Bertz CT molecular complexity index is 582. The highest BCUT2D eigenvalue weighted by atomic mass is 15.3. The second-order valence-electron chi connectivity index (χ2n) is 3.42. The number of benzene rings is 1. The first-order chi connectivity index (χ1) is 7.92. The Labute approximate surface area is 91.1 Å². The number of fused-ring (bicyclic) bond motifs is 1. The summed E-state index contributed by atoms with van der Waals surface area (Å²) in [7, 11) is 0. The molecule has 80 valence electrons. The molecule has 6 heteroatoms. The van der Waals surface area contributed by atoms with E-state index in [1.165, 1.54) is 0 Å². The minimum atomic E-state index is 0.663. The van der Waals surface area contributed by atoms with Gasteiger partial charge in [-0.15, -0.1) is 0 Å². The summed E-state index contributed by atoms with van der Waals surface area (Å²) in [6.07, 6.45) is 3.54. The molecular formula is C10H10N6. The van der Waals surface area contributed by atoms with Crippen LogP contribution in [0.25, 0.3) is 11.0 Å². The maximum atomic E-state index is 4.13. The van der Waals surface area contributed by atoms with Gasteiger partial charge >= 0.3 is 0 Å². The van der Waals surface area contributed by atoms with Crippen molar-refractivity contribution < 1.29 is 0 Å². The van der Waals surface area contributed by atoms with Gasteiger partial charge < -0.3 is 10.3 Å². The van der Waals surface area contributed by atoms with E-state index in [4.69, 9.17) is 0 Å². The smallest absolute Gasteiger partial charge is 0.125 e. The number of imidazole rings is 1. The molecule has 0 saturated heterocycles. The molecule has 0 aliphatic rings. The molecular weight excluding hydrogens is 204 g/mol. The largest absolute Gasteiger partial charge is 0.378 e. The van der Waals surface area contributed by atoms with Gasteiger partial charge in [0.15, 0.2) is 0 Å². The van der Waals surface area contributed by atoms with Gasteiger partial charge in [0.1, 0.15) is 16.9 Å². The van der Waals surface area contributed by atoms with Crippen LogP contribution in [0.1, 0.15) is 5.82 Å². The van der Waals surface area contributed by atoms with Crippen LogP contribution in [0, 0.1) is 0 Å². The number of hydrogen-bond acceptors (Lipinski definition) is 4. The topological polar surface area (TPSA) is 82.3 Å². The third-order valence-corrected chi connectivity index (χ3v) is 2.33. The van der Waals surface area contributed by atoms with Gasteiger partial charge in [0.25, 0.3) is 0 Å².